The number of hydrogen-bond donors (Lipinski definition) is 2. The van der Waals surface area contributed by atoms with E-state index in [2.05, 4.69) is 10.6 Å². The van der Waals surface area contributed by atoms with Crippen LogP contribution in [0.4, 0.5) is 4.79 Å². The fourth-order valence-electron chi connectivity index (χ4n) is 2.27. The third kappa shape index (κ3) is 14.4. The Kier molecular flexibility index (Phi) is 10.9. The van der Waals surface area contributed by atoms with E-state index in [0.29, 0.717) is 32.6 Å². The summed E-state index contributed by atoms with van der Waals surface area (Å²) in [6.45, 7) is 14.3. The van der Waals surface area contributed by atoms with Crippen molar-refractivity contribution in [1.82, 2.24) is 10.6 Å². The van der Waals surface area contributed by atoms with Crippen LogP contribution >= 0.6 is 0 Å². The summed E-state index contributed by atoms with van der Waals surface area (Å²) in [5.41, 5.74) is -1.28. The van der Waals surface area contributed by atoms with E-state index in [1.165, 1.54) is 6.92 Å². The fourth-order valence-corrected chi connectivity index (χ4v) is 2.27. The quantitative estimate of drug-likeness (QED) is 0.283. The first kappa shape index (κ1) is 25.6. The third-order valence-electron chi connectivity index (χ3n) is 3.74. The van der Waals surface area contributed by atoms with Gasteiger partial charge in [0.25, 0.3) is 0 Å². The van der Waals surface area contributed by atoms with Crippen molar-refractivity contribution in [2.24, 2.45) is 0 Å². The first-order valence-electron chi connectivity index (χ1n) is 9.37. The lowest BCUT2D eigenvalue weighted by Crippen LogP contribution is -2.39. The average molecular weight is 391 g/mol. The van der Waals surface area contributed by atoms with Crippen LogP contribution in [0, 0.1) is 0 Å². The predicted molar refractivity (Wildman–Crippen MR) is 104 cm³/mol. The molecule has 0 saturated heterocycles. The second kappa shape index (κ2) is 11.5. The van der Waals surface area contributed by atoms with E-state index in [1.54, 1.807) is 0 Å². The number of nitrogens with one attached hydrogen (secondary N) is 2. The molecule has 0 unspecified atom stereocenters. The van der Waals surface area contributed by atoms with Gasteiger partial charge in [-0.15, -0.1) is 0 Å². The van der Waals surface area contributed by atoms with Gasteiger partial charge in [0.2, 0.25) is 0 Å². The van der Waals surface area contributed by atoms with Gasteiger partial charge in [0.15, 0.2) is 5.79 Å². The Hall–Kier alpha value is -1.38. The number of ether oxygens (including phenoxy) is 4. The molecule has 8 nitrogen and oxygen atoms in total. The molecule has 0 bridgehead atoms. The van der Waals surface area contributed by atoms with Crippen LogP contribution < -0.4 is 10.6 Å². The molecule has 0 rings (SSSR count). The standard InChI is InChI=1S/C19H38N2O6/c1-15(22)26-17(2,3)9-10-18(4,5)27-16(23)21-12-14-25-19(6,7)24-13-11-20-8/h20H,9-14H2,1-8H3,(H,21,23). The van der Waals surface area contributed by atoms with Crippen molar-refractivity contribution in [1.29, 1.82) is 0 Å². The molecule has 0 atom stereocenters. The molecule has 27 heavy (non-hydrogen) atoms. The summed E-state index contributed by atoms with van der Waals surface area (Å²) in [6.07, 6.45) is 0.625. The smallest absolute Gasteiger partial charge is 0.407 e. The van der Waals surface area contributed by atoms with E-state index in [0.717, 1.165) is 6.54 Å². The number of hydrogen-bond acceptors (Lipinski definition) is 7. The zero-order chi connectivity index (χ0) is 21.1. The molecular weight excluding hydrogens is 352 g/mol. The van der Waals surface area contributed by atoms with Crippen molar-refractivity contribution in [3.8, 4) is 0 Å². The van der Waals surface area contributed by atoms with Crippen molar-refractivity contribution < 1.29 is 28.5 Å². The molecule has 0 aromatic carbocycles. The van der Waals surface area contributed by atoms with Gasteiger partial charge in [-0.05, 0) is 61.4 Å². The Labute approximate surface area is 163 Å². The SMILES string of the molecule is CNCCOC(C)(C)OCCNC(=O)OC(C)(C)CCC(C)(C)OC(C)=O. The Balaban J connectivity index is 4.13. The van der Waals surface area contributed by atoms with Gasteiger partial charge in [-0.2, -0.15) is 0 Å². The lowest BCUT2D eigenvalue weighted by molar-refractivity contribution is -0.211. The summed E-state index contributed by atoms with van der Waals surface area (Å²) in [4.78, 5) is 23.1. The second-order valence-corrected chi connectivity index (χ2v) is 8.13. The molecule has 0 aliphatic rings. The molecular formula is C19H38N2O6. The molecule has 0 aromatic rings. The Bertz CT molecular complexity index is 463. The molecule has 0 aromatic heterocycles. The van der Waals surface area contributed by atoms with Crippen molar-refractivity contribution in [3.05, 3.63) is 0 Å². The van der Waals surface area contributed by atoms with E-state index in [-0.39, 0.29) is 5.97 Å². The number of alkyl carbamates (subject to hydrolysis) is 1. The van der Waals surface area contributed by atoms with Crippen LogP contribution in [0.2, 0.25) is 0 Å². The summed E-state index contributed by atoms with van der Waals surface area (Å²) >= 11 is 0. The highest BCUT2D eigenvalue weighted by Crippen LogP contribution is 2.25. The Morgan fingerprint density at radius 2 is 1.30 bits per heavy atom. The highest BCUT2D eigenvalue weighted by atomic mass is 16.7. The number of carbonyl (C=O) groups excluding carboxylic acids is 2. The first-order valence-corrected chi connectivity index (χ1v) is 9.37. The number of likely N-dealkylation sites (N-methyl/N-ethyl adjacent to an activating group) is 1. The number of amides is 1. The molecule has 0 aliphatic heterocycles. The monoisotopic (exact) mass is 390 g/mol. The zero-order valence-electron chi connectivity index (χ0n) is 18.2. The van der Waals surface area contributed by atoms with Crippen molar-refractivity contribution in [2.75, 3.05) is 33.4 Å². The summed E-state index contributed by atoms with van der Waals surface area (Å²) in [6, 6.07) is 0. The first-order chi connectivity index (χ1) is 12.3. The summed E-state index contributed by atoms with van der Waals surface area (Å²) in [5.74, 6) is -1.04. The molecule has 160 valence electrons. The second-order valence-electron chi connectivity index (χ2n) is 8.13. The molecule has 8 heteroatoms. The normalized spacial score (nSPS) is 12.6. The van der Waals surface area contributed by atoms with Crippen LogP contribution in [0.1, 0.15) is 61.3 Å². The largest absolute Gasteiger partial charge is 0.460 e. The van der Waals surface area contributed by atoms with Gasteiger partial charge in [0.05, 0.1) is 13.2 Å². The maximum Gasteiger partial charge on any atom is 0.407 e. The van der Waals surface area contributed by atoms with Crippen molar-refractivity contribution in [3.63, 3.8) is 0 Å². The average Bonchev–Trinajstić information content (AvgIpc) is 2.48. The van der Waals surface area contributed by atoms with E-state index >= 15 is 0 Å². The van der Waals surface area contributed by atoms with Crippen molar-refractivity contribution >= 4 is 12.1 Å². The highest BCUT2D eigenvalue weighted by molar-refractivity contribution is 5.67. The fraction of sp³-hybridized carbons (Fsp3) is 0.895. The number of esters is 1. The molecule has 0 heterocycles. The lowest BCUT2D eigenvalue weighted by Gasteiger charge is -2.31. The minimum atomic E-state index is -0.718. The van der Waals surface area contributed by atoms with Gasteiger partial charge in [-0.3, -0.25) is 4.79 Å². The van der Waals surface area contributed by atoms with Gasteiger partial charge in [0.1, 0.15) is 11.2 Å². The third-order valence-corrected chi connectivity index (χ3v) is 3.74. The number of carbonyl (C=O) groups is 2. The van der Waals surface area contributed by atoms with E-state index in [4.69, 9.17) is 18.9 Å². The minimum absolute atomic E-state index is 0.307. The predicted octanol–water partition coefficient (Wildman–Crippen LogP) is 2.60. The highest BCUT2D eigenvalue weighted by Gasteiger charge is 2.29. The molecule has 2 N–H and O–H groups in total. The van der Waals surface area contributed by atoms with Gasteiger partial charge in [0, 0.05) is 20.0 Å². The van der Waals surface area contributed by atoms with E-state index in [9.17, 15) is 9.59 Å². The molecule has 0 aliphatic carbocycles. The van der Waals surface area contributed by atoms with Crippen LogP contribution in [-0.2, 0) is 23.7 Å². The zero-order valence-corrected chi connectivity index (χ0v) is 18.2. The summed E-state index contributed by atoms with van der Waals surface area (Å²) < 4.78 is 21.9. The molecule has 0 spiro atoms. The van der Waals surface area contributed by atoms with Gasteiger partial charge in [-0.1, -0.05) is 0 Å². The molecule has 0 radical (unpaired) electrons. The molecule has 0 saturated carbocycles. The maximum atomic E-state index is 12.0. The van der Waals surface area contributed by atoms with Crippen LogP contribution in [0.5, 0.6) is 0 Å². The summed E-state index contributed by atoms with van der Waals surface area (Å²) in [5, 5.41) is 5.66. The maximum absolute atomic E-state index is 12.0. The van der Waals surface area contributed by atoms with Gasteiger partial charge >= 0.3 is 12.1 Å². The van der Waals surface area contributed by atoms with E-state index < -0.39 is 23.1 Å². The van der Waals surface area contributed by atoms with Gasteiger partial charge < -0.3 is 29.6 Å². The van der Waals surface area contributed by atoms with Gasteiger partial charge in [-0.25, -0.2) is 4.79 Å². The van der Waals surface area contributed by atoms with Crippen LogP contribution in [-0.4, -0.2) is 62.4 Å². The lowest BCUT2D eigenvalue weighted by atomic mass is 9.94. The van der Waals surface area contributed by atoms with Crippen LogP contribution in [0.15, 0.2) is 0 Å². The Morgan fingerprint density at radius 1 is 0.815 bits per heavy atom. The summed E-state index contributed by atoms with van der Waals surface area (Å²) in [7, 11) is 1.85. The van der Waals surface area contributed by atoms with Crippen molar-refractivity contribution in [2.45, 2.75) is 78.3 Å². The molecule has 1 amide bonds. The van der Waals surface area contributed by atoms with Crippen LogP contribution in [0.25, 0.3) is 0 Å². The number of rotatable bonds is 13. The minimum Gasteiger partial charge on any atom is -0.460 e. The topological polar surface area (TPSA) is 95.1 Å². The molecule has 0 fully saturated rings. The Morgan fingerprint density at radius 3 is 1.78 bits per heavy atom. The van der Waals surface area contributed by atoms with E-state index in [1.807, 2.05) is 48.6 Å². The van der Waals surface area contributed by atoms with Crippen LogP contribution in [0.3, 0.4) is 0 Å².